The summed E-state index contributed by atoms with van der Waals surface area (Å²) in [7, 11) is 2.57. The Morgan fingerprint density at radius 2 is 2.16 bits per heavy atom. The second-order valence-corrected chi connectivity index (χ2v) is 3.24. The average molecular weight is 266 g/mol. The normalized spacial score (nSPS) is 10.8. The first-order valence-electron chi connectivity index (χ1n) is 5.35. The standard InChI is InChI=1S/C12H14N2O5/c1-17-11(15)6-5-9-8-19-10(14-9)4-3-7-13-12(16)18-2/h3-6,8H,7H2,1-2H3,(H,13,16)/b4-3-,6-5+. The Kier molecular flexibility index (Phi) is 5.87. The zero-order valence-corrected chi connectivity index (χ0v) is 10.6. The van der Waals surface area contributed by atoms with Crippen LogP contribution in [0.5, 0.6) is 0 Å². The van der Waals surface area contributed by atoms with Gasteiger partial charge in [-0.15, -0.1) is 0 Å². The van der Waals surface area contributed by atoms with Crippen LogP contribution in [-0.4, -0.2) is 37.8 Å². The molecule has 7 heteroatoms. The third-order valence-electron chi connectivity index (χ3n) is 1.94. The first-order chi connectivity index (χ1) is 9.15. The van der Waals surface area contributed by atoms with Crippen LogP contribution >= 0.6 is 0 Å². The van der Waals surface area contributed by atoms with Crippen LogP contribution in [0.1, 0.15) is 11.6 Å². The van der Waals surface area contributed by atoms with Gasteiger partial charge in [-0.1, -0.05) is 6.08 Å². The van der Waals surface area contributed by atoms with Gasteiger partial charge in [-0.2, -0.15) is 0 Å². The third kappa shape index (κ3) is 5.53. The number of rotatable bonds is 5. The van der Waals surface area contributed by atoms with Crippen molar-refractivity contribution in [3.63, 3.8) is 0 Å². The summed E-state index contributed by atoms with van der Waals surface area (Å²) < 4.78 is 14.0. The molecule has 0 saturated heterocycles. The third-order valence-corrected chi connectivity index (χ3v) is 1.94. The number of carbonyl (C=O) groups excluding carboxylic acids is 2. The minimum atomic E-state index is -0.515. The highest BCUT2D eigenvalue weighted by Crippen LogP contribution is 2.05. The molecule has 0 radical (unpaired) electrons. The predicted octanol–water partition coefficient (Wildman–Crippen LogP) is 1.23. The summed E-state index contributed by atoms with van der Waals surface area (Å²) in [5.41, 5.74) is 0.492. The highest BCUT2D eigenvalue weighted by atomic mass is 16.5. The Bertz CT molecular complexity index is 490. The molecule has 0 fully saturated rings. The molecule has 1 aromatic heterocycles. The number of oxazole rings is 1. The van der Waals surface area contributed by atoms with E-state index in [-0.39, 0.29) is 0 Å². The van der Waals surface area contributed by atoms with E-state index in [2.05, 4.69) is 19.8 Å². The summed E-state index contributed by atoms with van der Waals surface area (Å²) in [4.78, 5) is 25.7. The summed E-state index contributed by atoms with van der Waals surface area (Å²) in [6.07, 6.45) is 6.83. The summed E-state index contributed by atoms with van der Waals surface area (Å²) in [6.45, 7) is 0.294. The minimum Gasteiger partial charge on any atom is -0.466 e. The van der Waals surface area contributed by atoms with Crippen LogP contribution in [0, 0.1) is 0 Å². The molecule has 1 amide bonds. The van der Waals surface area contributed by atoms with E-state index in [0.717, 1.165) is 0 Å². The number of nitrogens with zero attached hydrogens (tertiary/aromatic N) is 1. The number of methoxy groups -OCH3 is 2. The van der Waals surface area contributed by atoms with E-state index in [4.69, 9.17) is 4.42 Å². The number of alkyl carbamates (subject to hydrolysis) is 1. The molecule has 0 saturated carbocycles. The lowest BCUT2D eigenvalue weighted by molar-refractivity contribution is -0.134. The lowest BCUT2D eigenvalue weighted by Crippen LogP contribution is -2.22. The van der Waals surface area contributed by atoms with Crippen LogP contribution in [0.3, 0.4) is 0 Å². The molecule has 0 atom stereocenters. The quantitative estimate of drug-likeness (QED) is 0.636. The van der Waals surface area contributed by atoms with Gasteiger partial charge in [0, 0.05) is 12.6 Å². The maximum Gasteiger partial charge on any atom is 0.407 e. The Morgan fingerprint density at radius 1 is 1.37 bits per heavy atom. The summed E-state index contributed by atoms with van der Waals surface area (Å²) in [5.74, 6) is -0.112. The number of hydrogen-bond acceptors (Lipinski definition) is 6. The van der Waals surface area contributed by atoms with Crippen molar-refractivity contribution in [3.05, 3.63) is 30.0 Å². The van der Waals surface area contributed by atoms with Gasteiger partial charge in [-0.3, -0.25) is 0 Å². The van der Waals surface area contributed by atoms with E-state index in [9.17, 15) is 9.59 Å². The molecule has 0 aromatic carbocycles. The van der Waals surface area contributed by atoms with Crippen molar-refractivity contribution in [1.29, 1.82) is 0 Å². The molecule has 1 heterocycles. The molecule has 1 aromatic rings. The van der Waals surface area contributed by atoms with E-state index in [1.165, 1.54) is 32.6 Å². The number of carbonyl (C=O) groups is 2. The summed E-state index contributed by atoms with van der Waals surface area (Å²) in [6, 6.07) is 0. The fraction of sp³-hybridized carbons (Fsp3) is 0.250. The van der Waals surface area contributed by atoms with Crippen molar-refractivity contribution in [2.45, 2.75) is 0 Å². The van der Waals surface area contributed by atoms with Crippen molar-refractivity contribution in [2.24, 2.45) is 0 Å². The number of hydrogen-bond donors (Lipinski definition) is 1. The van der Waals surface area contributed by atoms with Gasteiger partial charge < -0.3 is 19.2 Å². The van der Waals surface area contributed by atoms with E-state index in [1.807, 2.05) is 0 Å². The molecule has 7 nitrogen and oxygen atoms in total. The van der Waals surface area contributed by atoms with E-state index < -0.39 is 12.1 Å². The number of esters is 1. The van der Waals surface area contributed by atoms with Crippen LogP contribution in [0.2, 0.25) is 0 Å². The van der Waals surface area contributed by atoms with Gasteiger partial charge in [0.2, 0.25) is 5.89 Å². The fourth-order valence-electron chi connectivity index (χ4n) is 1.05. The molecule has 0 unspecified atom stereocenters. The van der Waals surface area contributed by atoms with Gasteiger partial charge in [0.05, 0.1) is 14.2 Å². The number of amides is 1. The van der Waals surface area contributed by atoms with Crippen LogP contribution in [0.15, 0.2) is 22.8 Å². The second kappa shape index (κ2) is 7.70. The number of nitrogens with one attached hydrogen (secondary N) is 1. The SMILES string of the molecule is COC(=O)/C=C/c1coc(/C=C\CNC(=O)OC)n1. The Labute approximate surface area is 109 Å². The van der Waals surface area contributed by atoms with Gasteiger partial charge in [-0.25, -0.2) is 14.6 Å². The monoisotopic (exact) mass is 266 g/mol. The first-order valence-corrected chi connectivity index (χ1v) is 5.35. The van der Waals surface area contributed by atoms with Gasteiger partial charge in [0.25, 0.3) is 0 Å². The summed E-state index contributed by atoms with van der Waals surface area (Å²) in [5, 5.41) is 2.46. The van der Waals surface area contributed by atoms with Gasteiger partial charge >= 0.3 is 12.1 Å². The number of ether oxygens (including phenoxy) is 2. The Balaban J connectivity index is 2.46. The second-order valence-electron chi connectivity index (χ2n) is 3.24. The van der Waals surface area contributed by atoms with E-state index in [0.29, 0.717) is 18.1 Å². The molecule has 0 spiro atoms. The van der Waals surface area contributed by atoms with Gasteiger partial charge in [0.1, 0.15) is 12.0 Å². The lowest BCUT2D eigenvalue weighted by Gasteiger charge is -1.97. The van der Waals surface area contributed by atoms with Crippen molar-refractivity contribution >= 4 is 24.2 Å². The van der Waals surface area contributed by atoms with Crippen molar-refractivity contribution in [1.82, 2.24) is 10.3 Å². The van der Waals surface area contributed by atoms with Gasteiger partial charge in [-0.05, 0) is 12.2 Å². The average Bonchev–Trinajstić information content (AvgIpc) is 2.88. The molecule has 0 aliphatic carbocycles. The molecule has 0 bridgehead atoms. The zero-order chi connectivity index (χ0) is 14.1. The Hall–Kier alpha value is -2.57. The minimum absolute atomic E-state index is 0.294. The molecule has 0 aliphatic heterocycles. The zero-order valence-electron chi connectivity index (χ0n) is 10.6. The predicted molar refractivity (Wildman–Crippen MR) is 67.0 cm³/mol. The number of aromatic nitrogens is 1. The molecule has 102 valence electrons. The molecule has 1 rings (SSSR count). The Morgan fingerprint density at radius 3 is 2.84 bits per heavy atom. The summed E-state index contributed by atoms with van der Waals surface area (Å²) >= 11 is 0. The highest BCUT2D eigenvalue weighted by Gasteiger charge is 1.99. The van der Waals surface area contributed by atoms with Crippen molar-refractivity contribution in [3.8, 4) is 0 Å². The van der Waals surface area contributed by atoms with Crippen LogP contribution < -0.4 is 5.32 Å². The van der Waals surface area contributed by atoms with Crippen molar-refractivity contribution in [2.75, 3.05) is 20.8 Å². The van der Waals surface area contributed by atoms with Crippen LogP contribution in [0.4, 0.5) is 4.79 Å². The molecular formula is C12H14N2O5. The smallest absolute Gasteiger partial charge is 0.407 e. The van der Waals surface area contributed by atoms with Crippen LogP contribution in [-0.2, 0) is 14.3 Å². The maximum atomic E-state index is 10.9. The lowest BCUT2D eigenvalue weighted by atomic mass is 10.4. The van der Waals surface area contributed by atoms with E-state index >= 15 is 0 Å². The van der Waals surface area contributed by atoms with Crippen LogP contribution in [0.25, 0.3) is 12.2 Å². The van der Waals surface area contributed by atoms with Gasteiger partial charge in [0.15, 0.2) is 0 Å². The maximum absolute atomic E-state index is 10.9. The highest BCUT2D eigenvalue weighted by molar-refractivity contribution is 5.86. The molecule has 1 N–H and O–H groups in total. The fourth-order valence-corrected chi connectivity index (χ4v) is 1.05. The van der Waals surface area contributed by atoms with Crippen molar-refractivity contribution < 1.29 is 23.5 Å². The first kappa shape index (κ1) is 14.5. The van der Waals surface area contributed by atoms with E-state index in [1.54, 1.807) is 12.2 Å². The molecule has 0 aliphatic rings. The largest absolute Gasteiger partial charge is 0.466 e. The topological polar surface area (TPSA) is 90.7 Å². The molecular weight excluding hydrogens is 252 g/mol. The molecule has 19 heavy (non-hydrogen) atoms.